The predicted molar refractivity (Wildman–Crippen MR) is 65.0 cm³/mol. The van der Waals surface area contributed by atoms with Crippen LogP contribution in [0.25, 0.3) is 0 Å². The molecule has 96 valence electrons. The van der Waals surface area contributed by atoms with Gasteiger partial charge in [0.2, 0.25) is 10.0 Å². The first-order valence-corrected chi connectivity index (χ1v) is 6.99. The van der Waals surface area contributed by atoms with Crippen LogP contribution in [0.1, 0.15) is 5.56 Å². The van der Waals surface area contributed by atoms with Gasteiger partial charge in [-0.3, -0.25) is 0 Å². The van der Waals surface area contributed by atoms with Crippen LogP contribution < -0.4 is 4.72 Å². The number of hydrogen-bond acceptors (Lipinski definition) is 4. The Balaban J connectivity index is 2.13. The highest BCUT2D eigenvalue weighted by Gasteiger charge is 2.07. The summed E-state index contributed by atoms with van der Waals surface area (Å²) in [6, 6.07) is 9.64. The van der Waals surface area contributed by atoms with Crippen molar-refractivity contribution in [2.45, 2.75) is 6.61 Å². The van der Waals surface area contributed by atoms with Gasteiger partial charge in [-0.05, 0) is 5.56 Å². The fourth-order valence-corrected chi connectivity index (χ4v) is 2.00. The van der Waals surface area contributed by atoms with Gasteiger partial charge in [0, 0.05) is 6.54 Å². The SMILES string of the molecule is O=S(=O)(CCO)NCCOCc1ccccc1. The van der Waals surface area contributed by atoms with Gasteiger partial charge >= 0.3 is 0 Å². The van der Waals surface area contributed by atoms with Crippen LogP contribution in [-0.2, 0) is 21.4 Å². The van der Waals surface area contributed by atoms with E-state index in [0.29, 0.717) is 13.2 Å². The third-order valence-corrected chi connectivity index (χ3v) is 3.40. The average Bonchev–Trinajstić information content (AvgIpc) is 2.30. The fourth-order valence-electron chi connectivity index (χ4n) is 1.23. The molecule has 0 spiro atoms. The lowest BCUT2D eigenvalue weighted by atomic mass is 10.2. The average molecular weight is 259 g/mol. The molecule has 0 saturated heterocycles. The van der Waals surface area contributed by atoms with Crippen LogP contribution in [0, 0.1) is 0 Å². The second-order valence-electron chi connectivity index (χ2n) is 3.48. The molecule has 17 heavy (non-hydrogen) atoms. The molecule has 0 aliphatic heterocycles. The number of aliphatic hydroxyl groups excluding tert-OH is 1. The van der Waals surface area contributed by atoms with Gasteiger partial charge in [-0.15, -0.1) is 0 Å². The Labute approximate surface area is 101 Å². The van der Waals surface area contributed by atoms with Gasteiger partial charge in [-0.25, -0.2) is 13.1 Å². The molecular weight excluding hydrogens is 242 g/mol. The number of aliphatic hydroxyl groups is 1. The molecule has 0 unspecified atom stereocenters. The summed E-state index contributed by atoms with van der Waals surface area (Å²) in [6.45, 7) is 0.609. The summed E-state index contributed by atoms with van der Waals surface area (Å²) in [4.78, 5) is 0. The third kappa shape index (κ3) is 6.38. The van der Waals surface area contributed by atoms with Crippen molar-refractivity contribution in [3.8, 4) is 0 Å². The minimum absolute atomic E-state index is 0.217. The lowest BCUT2D eigenvalue weighted by Gasteiger charge is -2.06. The standard InChI is InChI=1S/C11H17NO4S/c13-7-9-17(14,15)12-6-8-16-10-11-4-2-1-3-5-11/h1-5,12-13H,6-10H2. The van der Waals surface area contributed by atoms with E-state index >= 15 is 0 Å². The van der Waals surface area contributed by atoms with Crippen LogP contribution in [0.2, 0.25) is 0 Å². The zero-order valence-corrected chi connectivity index (χ0v) is 10.3. The van der Waals surface area contributed by atoms with Crippen molar-refractivity contribution >= 4 is 10.0 Å². The zero-order chi connectivity index (χ0) is 12.6. The van der Waals surface area contributed by atoms with Crippen LogP contribution in [0.15, 0.2) is 30.3 Å². The maximum Gasteiger partial charge on any atom is 0.213 e. The molecule has 1 aromatic rings. The summed E-state index contributed by atoms with van der Waals surface area (Å²) in [7, 11) is -3.36. The molecule has 1 aromatic carbocycles. The lowest BCUT2D eigenvalue weighted by molar-refractivity contribution is 0.126. The van der Waals surface area contributed by atoms with E-state index in [0.717, 1.165) is 5.56 Å². The molecule has 0 amide bonds. The second-order valence-corrected chi connectivity index (χ2v) is 5.40. The van der Waals surface area contributed by atoms with Gasteiger partial charge in [-0.1, -0.05) is 30.3 Å². The Bertz CT molecular complexity index is 405. The summed E-state index contributed by atoms with van der Waals surface area (Å²) >= 11 is 0. The topological polar surface area (TPSA) is 75.6 Å². The Kier molecular flexibility index (Phi) is 6.13. The van der Waals surface area contributed by atoms with E-state index < -0.39 is 10.0 Å². The molecule has 0 heterocycles. The minimum atomic E-state index is -3.36. The van der Waals surface area contributed by atoms with Crippen LogP contribution in [-0.4, -0.2) is 39.0 Å². The highest BCUT2D eigenvalue weighted by Crippen LogP contribution is 1.99. The monoisotopic (exact) mass is 259 g/mol. The summed E-state index contributed by atoms with van der Waals surface area (Å²) in [5, 5.41) is 8.50. The smallest absolute Gasteiger partial charge is 0.213 e. The molecule has 0 aromatic heterocycles. The van der Waals surface area contributed by atoms with E-state index in [2.05, 4.69) is 4.72 Å². The summed E-state index contributed by atoms with van der Waals surface area (Å²) in [5.41, 5.74) is 1.05. The lowest BCUT2D eigenvalue weighted by Crippen LogP contribution is -2.30. The van der Waals surface area contributed by atoms with Gasteiger partial charge in [0.05, 0.1) is 25.6 Å². The molecular formula is C11H17NO4S. The van der Waals surface area contributed by atoms with Crippen molar-refractivity contribution < 1.29 is 18.3 Å². The van der Waals surface area contributed by atoms with E-state index in [4.69, 9.17) is 9.84 Å². The van der Waals surface area contributed by atoms with E-state index in [9.17, 15) is 8.42 Å². The number of benzene rings is 1. The number of nitrogens with one attached hydrogen (secondary N) is 1. The fraction of sp³-hybridized carbons (Fsp3) is 0.455. The zero-order valence-electron chi connectivity index (χ0n) is 9.50. The maximum absolute atomic E-state index is 11.1. The van der Waals surface area contributed by atoms with Gasteiger partial charge in [-0.2, -0.15) is 0 Å². The Morgan fingerprint density at radius 2 is 1.94 bits per heavy atom. The van der Waals surface area contributed by atoms with Gasteiger partial charge in [0.25, 0.3) is 0 Å². The quantitative estimate of drug-likeness (QED) is 0.650. The largest absolute Gasteiger partial charge is 0.395 e. The van der Waals surface area contributed by atoms with Gasteiger partial charge in [0.1, 0.15) is 0 Å². The first-order valence-electron chi connectivity index (χ1n) is 5.34. The van der Waals surface area contributed by atoms with Crippen LogP contribution in [0.3, 0.4) is 0 Å². The molecule has 0 fully saturated rings. The molecule has 2 N–H and O–H groups in total. The van der Waals surface area contributed by atoms with Gasteiger partial charge < -0.3 is 9.84 Å². The molecule has 0 radical (unpaired) electrons. The number of hydrogen-bond donors (Lipinski definition) is 2. The normalized spacial score (nSPS) is 11.6. The molecule has 0 aliphatic carbocycles. The maximum atomic E-state index is 11.1. The first kappa shape index (κ1) is 14.1. The molecule has 5 nitrogen and oxygen atoms in total. The molecule has 6 heteroatoms. The Morgan fingerprint density at radius 1 is 1.24 bits per heavy atom. The predicted octanol–water partition coefficient (Wildman–Crippen LogP) is 0.115. The number of sulfonamides is 1. The van der Waals surface area contributed by atoms with Crippen molar-refractivity contribution in [2.75, 3.05) is 25.5 Å². The molecule has 0 aliphatic rings. The summed E-state index contributed by atoms with van der Waals surface area (Å²) < 4.78 is 29.9. The number of rotatable bonds is 8. The van der Waals surface area contributed by atoms with Crippen LogP contribution in [0.5, 0.6) is 0 Å². The molecule has 0 bridgehead atoms. The van der Waals surface area contributed by atoms with Crippen LogP contribution in [0.4, 0.5) is 0 Å². The number of ether oxygens (including phenoxy) is 1. The van der Waals surface area contributed by atoms with E-state index in [1.165, 1.54) is 0 Å². The first-order chi connectivity index (χ1) is 8.14. The summed E-state index contributed by atoms with van der Waals surface area (Å²) in [5.74, 6) is -0.272. The van der Waals surface area contributed by atoms with Crippen molar-refractivity contribution in [3.05, 3.63) is 35.9 Å². The van der Waals surface area contributed by atoms with Crippen molar-refractivity contribution in [1.29, 1.82) is 0 Å². The molecule has 0 atom stereocenters. The second kappa shape index (κ2) is 7.39. The van der Waals surface area contributed by atoms with Crippen molar-refractivity contribution in [3.63, 3.8) is 0 Å². The Morgan fingerprint density at radius 3 is 2.59 bits per heavy atom. The minimum Gasteiger partial charge on any atom is -0.395 e. The van der Waals surface area contributed by atoms with E-state index in [1.54, 1.807) is 0 Å². The highest BCUT2D eigenvalue weighted by molar-refractivity contribution is 7.89. The molecule has 0 saturated carbocycles. The summed E-state index contributed by atoms with van der Waals surface area (Å²) in [6.07, 6.45) is 0. The third-order valence-electron chi connectivity index (χ3n) is 2.04. The van der Waals surface area contributed by atoms with E-state index in [-0.39, 0.29) is 18.9 Å². The van der Waals surface area contributed by atoms with Crippen molar-refractivity contribution in [2.24, 2.45) is 0 Å². The van der Waals surface area contributed by atoms with Gasteiger partial charge in [0.15, 0.2) is 0 Å². The van der Waals surface area contributed by atoms with Crippen LogP contribution >= 0.6 is 0 Å². The highest BCUT2D eigenvalue weighted by atomic mass is 32.2. The van der Waals surface area contributed by atoms with Crippen molar-refractivity contribution in [1.82, 2.24) is 4.72 Å². The molecule has 1 rings (SSSR count). The Hall–Kier alpha value is -0.950. The van der Waals surface area contributed by atoms with E-state index in [1.807, 2.05) is 30.3 Å².